The van der Waals surface area contributed by atoms with E-state index < -0.39 is 0 Å². The van der Waals surface area contributed by atoms with Crippen molar-refractivity contribution in [1.29, 1.82) is 0 Å². The lowest BCUT2D eigenvalue weighted by atomic mass is 10.1. The van der Waals surface area contributed by atoms with Gasteiger partial charge in [0.05, 0.1) is 5.71 Å². The average Bonchev–Trinajstić information content (AvgIpc) is 3.00. The summed E-state index contributed by atoms with van der Waals surface area (Å²) in [5.74, 6) is 1.15. The predicted molar refractivity (Wildman–Crippen MR) is 86.4 cm³/mol. The monoisotopic (exact) mass is 360 g/mol. The number of carbonyl (C=O) groups excluding carboxylic acids is 1. The van der Waals surface area contributed by atoms with E-state index in [-0.39, 0.29) is 12.7 Å². The molecule has 1 heterocycles. The number of rotatable bonds is 3. The fraction of sp³-hybridized carbons (Fsp3) is 0.125. The number of nitrogens with zero attached hydrogens (tertiary/aromatic N) is 1. The van der Waals surface area contributed by atoms with E-state index in [2.05, 4.69) is 26.5 Å². The average molecular weight is 361 g/mol. The summed E-state index contributed by atoms with van der Waals surface area (Å²) in [4.78, 5) is 12.0. The van der Waals surface area contributed by atoms with Crippen LogP contribution < -0.4 is 14.9 Å². The molecular formula is C16H13BrN2O3. The Bertz CT molecular complexity index is 742. The van der Waals surface area contributed by atoms with Crippen LogP contribution in [0.2, 0.25) is 0 Å². The van der Waals surface area contributed by atoms with Gasteiger partial charge >= 0.3 is 0 Å². The number of nitrogens with one attached hydrogen (secondary N) is 1. The van der Waals surface area contributed by atoms with Gasteiger partial charge in [-0.1, -0.05) is 15.9 Å². The van der Waals surface area contributed by atoms with E-state index in [0.717, 1.165) is 15.8 Å². The molecule has 1 N–H and O–H groups in total. The summed E-state index contributed by atoms with van der Waals surface area (Å²) in [5, 5.41) is 4.13. The fourth-order valence-corrected chi connectivity index (χ4v) is 2.25. The van der Waals surface area contributed by atoms with E-state index in [0.29, 0.717) is 17.0 Å². The third kappa shape index (κ3) is 3.12. The highest BCUT2D eigenvalue weighted by Crippen LogP contribution is 2.32. The molecule has 1 aliphatic heterocycles. The number of hydrogen-bond acceptors (Lipinski definition) is 4. The summed E-state index contributed by atoms with van der Waals surface area (Å²) in [7, 11) is 0. The first-order valence-corrected chi connectivity index (χ1v) is 7.43. The van der Waals surface area contributed by atoms with E-state index in [9.17, 15) is 4.79 Å². The van der Waals surface area contributed by atoms with E-state index in [4.69, 9.17) is 9.47 Å². The van der Waals surface area contributed by atoms with E-state index in [1.807, 2.05) is 37.3 Å². The van der Waals surface area contributed by atoms with Gasteiger partial charge in [0, 0.05) is 15.6 Å². The summed E-state index contributed by atoms with van der Waals surface area (Å²) in [6, 6.07) is 12.6. The first kappa shape index (κ1) is 14.6. The summed E-state index contributed by atoms with van der Waals surface area (Å²) < 4.78 is 11.5. The number of ether oxygens (including phenoxy) is 2. The smallest absolute Gasteiger partial charge is 0.271 e. The van der Waals surface area contributed by atoms with Crippen molar-refractivity contribution in [3.63, 3.8) is 0 Å². The van der Waals surface area contributed by atoms with E-state index in [1.165, 1.54) is 0 Å². The number of hydrazone groups is 1. The molecule has 0 unspecified atom stereocenters. The highest BCUT2D eigenvalue weighted by molar-refractivity contribution is 9.10. The molecule has 0 radical (unpaired) electrons. The lowest BCUT2D eigenvalue weighted by molar-refractivity contribution is 0.0955. The van der Waals surface area contributed by atoms with Gasteiger partial charge in [0.2, 0.25) is 6.79 Å². The number of carbonyl (C=O) groups is 1. The van der Waals surface area contributed by atoms with E-state index in [1.54, 1.807) is 12.1 Å². The van der Waals surface area contributed by atoms with Crippen molar-refractivity contribution in [2.24, 2.45) is 5.10 Å². The van der Waals surface area contributed by atoms with E-state index >= 15 is 0 Å². The van der Waals surface area contributed by atoms with Gasteiger partial charge in [0.25, 0.3) is 5.91 Å². The molecule has 2 aromatic carbocycles. The molecule has 22 heavy (non-hydrogen) atoms. The second-order valence-corrected chi connectivity index (χ2v) is 5.63. The second-order valence-electron chi connectivity index (χ2n) is 4.71. The molecule has 0 fully saturated rings. The summed E-state index contributed by atoms with van der Waals surface area (Å²) >= 11 is 3.33. The van der Waals surface area contributed by atoms with Crippen LogP contribution in [0.3, 0.4) is 0 Å². The Labute approximate surface area is 136 Å². The molecule has 0 saturated heterocycles. The third-order valence-corrected chi connectivity index (χ3v) is 3.75. The Kier molecular flexibility index (Phi) is 4.11. The Morgan fingerprint density at radius 3 is 2.55 bits per heavy atom. The van der Waals surface area contributed by atoms with Gasteiger partial charge in [-0.25, -0.2) is 5.43 Å². The lowest BCUT2D eigenvalue weighted by Gasteiger charge is -2.04. The number of benzene rings is 2. The molecule has 0 aliphatic carbocycles. The lowest BCUT2D eigenvalue weighted by Crippen LogP contribution is -2.19. The van der Waals surface area contributed by atoms with Gasteiger partial charge in [0.1, 0.15) is 0 Å². The molecule has 0 saturated carbocycles. The molecule has 5 nitrogen and oxygen atoms in total. The molecule has 1 amide bonds. The summed E-state index contributed by atoms with van der Waals surface area (Å²) in [5.41, 5.74) is 4.64. The topological polar surface area (TPSA) is 59.9 Å². The van der Waals surface area contributed by atoms with Crippen LogP contribution in [0, 0.1) is 0 Å². The Morgan fingerprint density at radius 1 is 1.09 bits per heavy atom. The molecule has 1 aliphatic rings. The summed E-state index contributed by atoms with van der Waals surface area (Å²) in [6.45, 7) is 2.05. The maximum Gasteiger partial charge on any atom is 0.271 e. The molecule has 0 bridgehead atoms. The zero-order valence-corrected chi connectivity index (χ0v) is 13.4. The van der Waals surface area contributed by atoms with Crippen LogP contribution in [0.15, 0.2) is 52.0 Å². The zero-order valence-electron chi connectivity index (χ0n) is 11.8. The van der Waals surface area contributed by atoms with Crippen molar-refractivity contribution in [1.82, 2.24) is 5.43 Å². The van der Waals surface area contributed by atoms with Crippen LogP contribution in [0.5, 0.6) is 11.5 Å². The van der Waals surface area contributed by atoms with Crippen molar-refractivity contribution < 1.29 is 14.3 Å². The van der Waals surface area contributed by atoms with Crippen LogP contribution in [0.4, 0.5) is 0 Å². The molecule has 0 atom stereocenters. The quantitative estimate of drug-likeness (QED) is 0.674. The molecule has 112 valence electrons. The molecule has 3 rings (SSSR count). The molecule has 6 heteroatoms. The molecule has 0 spiro atoms. The SMILES string of the molecule is CC(=NNC(=O)c1ccc(Br)cc1)c1ccc2c(c1)OCO2. The van der Waals surface area contributed by atoms with Crippen molar-refractivity contribution in [2.75, 3.05) is 6.79 Å². The van der Waals surface area contributed by atoms with Crippen LogP contribution in [0.1, 0.15) is 22.8 Å². The largest absolute Gasteiger partial charge is 0.454 e. The van der Waals surface area contributed by atoms with Crippen molar-refractivity contribution >= 4 is 27.5 Å². The third-order valence-electron chi connectivity index (χ3n) is 3.22. The zero-order chi connectivity index (χ0) is 15.5. The Balaban J connectivity index is 1.72. The minimum Gasteiger partial charge on any atom is -0.454 e. The highest BCUT2D eigenvalue weighted by Gasteiger charge is 2.14. The van der Waals surface area contributed by atoms with Crippen LogP contribution in [-0.2, 0) is 0 Å². The Hall–Kier alpha value is -2.34. The van der Waals surface area contributed by atoms with Crippen LogP contribution >= 0.6 is 15.9 Å². The van der Waals surface area contributed by atoms with Crippen molar-refractivity contribution in [2.45, 2.75) is 6.92 Å². The maximum absolute atomic E-state index is 12.0. The second kappa shape index (κ2) is 6.19. The number of fused-ring (bicyclic) bond motifs is 1. The maximum atomic E-state index is 12.0. The van der Waals surface area contributed by atoms with Crippen molar-refractivity contribution in [3.05, 3.63) is 58.1 Å². The van der Waals surface area contributed by atoms with Gasteiger partial charge in [-0.15, -0.1) is 0 Å². The summed E-state index contributed by atoms with van der Waals surface area (Å²) in [6.07, 6.45) is 0. The Morgan fingerprint density at radius 2 is 1.77 bits per heavy atom. The first-order valence-electron chi connectivity index (χ1n) is 6.64. The predicted octanol–water partition coefficient (Wildman–Crippen LogP) is 3.33. The minimum atomic E-state index is -0.257. The van der Waals surface area contributed by atoms with Gasteiger partial charge < -0.3 is 9.47 Å². The van der Waals surface area contributed by atoms with Gasteiger partial charge in [-0.3, -0.25) is 4.79 Å². The van der Waals surface area contributed by atoms with Crippen LogP contribution in [-0.4, -0.2) is 18.4 Å². The fourth-order valence-electron chi connectivity index (χ4n) is 1.99. The molecule has 2 aromatic rings. The molecule has 0 aromatic heterocycles. The first-order chi connectivity index (χ1) is 10.6. The van der Waals surface area contributed by atoms with Crippen LogP contribution in [0.25, 0.3) is 0 Å². The standard InChI is InChI=1S/C16H13BrN2O3/c1-10(12-4-7-14-15(8-12)22-9-21-14)18-19-16(20)11-2-5-13(17)6-3-11/h2-8H,9H2,1H3,(H,19,20). The van der Waals surface area contributed by atoms with Crippen molar-refractivity contribution in [3.8, 4) is 11.5 Å². The number of hydrogen-bond donors (Lipinski definition) is 1. The van der Waals surface area contributed by atoms with Gasteiger partial charge in [-0.2, -0.15) is 5.10 Å². The van der Waals surface area contributed by atoms with Gasteiger partial charge in [0.15, 0.2) is 11.5 Å². The minimum absolute atomic E-state index is 0.231. The molecular weight excluding hydrogens is 348 g/mol. The number of halogens is 1. The normalized spacial score (nSPS) is 13.1. The highest BCUT2D eigenvalue weighted by atomic mass is 79.9. The van der Waals surface area contributed by atoms with Gasteiger partial charge in [-0.05, 0) is 49.4 Å². The number of amides is 1.